The van der Waals surface area contributed by atoms with Gasteiger partial charge in [-0.15, -0.1) is 11.8 Å². The summed E-state index contributed by atoms with van der Waals surface area (Å²) in [6.07, 6.45) is 0.649. The van der Waals surface area contributed by atoms with Crippen LogP contribution in [0.3, 0.4) is 0 Å². The third kappa shape index (κ3) is 4.49. The van der Waals surface area contributed by atoms with Gasteiger partial charge >= 0.3 is 10.8 Å². The summed E-state index contributed by atoms with van der Waals surface area (Å²) in [5.74, 6) is -4.11. The highest BCUT2D eigenvalue weighted by Crippen LogP contribution is 2.69. The molecular formula is C31H28ClN3O7S2. The van der Waals surface area contributed by atoms with Gasteiger partial charge in [-0.2, -0.15) is 0 Å². The van der Waals surface area contributed by atoms with Gasteiger partial charge in [0.1, 0.15) is 11.8 Å². The second kappa shape index (κ2) is 10.8. The first-order valence-electron chi connectivity index (χ1n) is 14.3. The zero-order chi connectivity index (χ0) is 31.0. The van der Waals surface area contributed by atoms with E-state index in [0.717, 1.165) is 26.7 Å². The maximum Gasteiger partial charge on any atom is 0.326 e. The number of nitrogens with zero attached hydrogens (tertiary/aromatic N) is 1. The molecule has 10 nitrogen and oxygen atoms in total. The first-order valence-corrected chi connectivity index (χ1v) is 16.4. The van der Waals surface area contributed by atoms with Gasteiger partial charge in [0, 0.05) is 32.3 Å². The number of fused-ring (bicyclic) bond motifs is 9. The molecule has 3 aromatic rings. The molecule has 3 fully saturated rings. The molecule has 2 bridgehead atoms. The maximum absolute atomic E-state index is 13.7. The van der Waals surface area contributed by atoms with Crippen molar-refractivity contribution in [1.29, 1.82) is 0 Å². The molecule has 2 saturated carbocycles. The fourth-order valence-electron chi connectivity index (χ4n) is 7.82. The maximum atomic E-state index is 13.7. The number of para-hydroxylation sites is 1. The Kier molecular flexibility index (Phi) is 7.13. The number of carbonyl (C=O) groups is 4. The van der Waals surface area contributed by atoms with Crippen molar-refractivity contribution in [3.63, 3.8) is 0 Å². The number of thiazole rings is 1. The number of aromatic nitrogens is 1. The van der Waals surface area contributed by atoms with Gasteiger partial charge in [-0.1, -0.05) is 41.1 Å². The molecule has 228 valence electrons. The zero-order valence-corrected chi connectivity index (χ0v) is 26.0. The van der Waals surface area contributed by atoms with E-state index in [-0.39, 0.29) is 40.4 Å². The Bertz CT molecular complexity index is 1790. The number of anilines is 1. The molecule has 0 radical (unpaired) electrons. The van der Waals surface area contributed by atoms with Crippen LogP contribution in [0.25, 0.3) is 0 Å². The lowest BCUT2D eigenvalue weighted by Crippen LogP contribution is -2.44. The third-order valence-corrected chi connectivity index (χ3v) is 12.4. The molecule has 7 rings (SSSR count). The van der Waals surface area contributed by atoms with Crippen LogP contribution in [0.2, 0.25) is 5.02 Å². The van der Waals surface area contributed by atoms with Gasteiger partial charge in [0.05, 0.1) is 16.9 Å². The number of thioether (sulfide) groups is 1. The lowest BCUT2D eigenvalue weighted by molar-refractivity contribution is -0.154. The van der Waals surface area contributed by atoms with Crippen LogP contribution in [0.15, 0.2) is 52.3 Å². The highest BCUT2D eigenvalue weighted by Gasteiger charge is 2.70. The molecule has 4 aliphatic rings. The van der Waals surface area contributed by atoms with Crippen LogP contribution in [-0.2, 0) is 19.2 Å². The minimum Gasteiger partial charge on any atom is -0.483 e. The molecule has 2 aromatic carbocycles. The number of imide groups is 1. The van der Waals surface area contributed by atoms with E-state index in [1.165, 1.54) is 18.7 Å². The summed E-state index contributed by atoms with van der Waals surface area (Å²) in [6, 6.07) is 11.4. The van der Waals surface area contributed by atoms with Crippen LogP contribution < -0.4 is 14.9 Å². The molecule has 13 heteroatoms. The van der Waals surface area contributed by atoms with Crippen molar-refractivity contribution in [3.05, 3.63) is 73.2 Å². The summed E-state index contributed by atoms with van der Waals surface area (Å²) in [5, 5.41) is 13.5. The van der Waals surface area contributed by atoms with Crippen molar-refractivity contribution < 1.29 is 29.0 Å². The second-order valence-corrected chi connectivity index (χ2v) is 14.5. The number of aryl methyl sites for hydroxylation is 1. The zero-order valence-electron chi connectivity index (χ0n) is 23.6. The molecule has 2 aliphatic heterocycles. The monoisotopic (exact) mass is 653 g/mol. The van der Waals surface area contributed by atoms with Crippen molar-refractivity contribution in [1.82, 2.24) is 9.88 Å². The van der Waals surface area contributed by atoms with Gasteiger partial charge in [0.2, 0.25) is 11.8 Å². The van der Waals surface area contributed by atoms with Crippen LogP contribution in [0.1, 0.15) is 35.3 Å². The Hall–Kier alpha value is -3.61. The third-order valence-electron chi connectivity index (χ3n) is 9.59. The molecule has 0 spiro atoms. The minimum atomic E-state index is -1.25. The van der Waals surface area contributed by atoms with Gasteiger partial charge in [-0.05, 0) is 67.9 Å². The summed E-state index contributed by atoms with van der Waals surface area (Å²) in [4.78, 5) is 69.0. The first kappa shape index (κ1) is 29.1. The van der Waals surface area contributed by atoms with Gasteiger partial charge in [0.15, 0.2) is 6.61 Å². The number of halogens is 1. The van der Waals surface area contributed by atoms with E-state index in [1.807, 2.05) is 31.2 Å². The SMILES string of the molecule is Cc1ccccc1NC(=O)COc1ccc(Cl)cc1[C@H]1c2sc(=O)[nH]c2SC2C3CC(C4C(=O)N(C(C)C(=O)O)C(=O)C34)C21. The van der Waals surface area contributed by atoms with Gasteiger partial charge in [-0.25, -0.2) is 4.79 Å². The van der Waals surface area contributed by atoms with E-state index < -0.39 is 41.6 Å². The molecule has 44 heavy (non-hydrogen) atoms. The number of rotatable bonds is 7. The summed E-state index contributed by atoms with van der Waals surface area (Å²) in [5.41, 5.74) is 2.30. The van der Waals surface area contributed by atoms with E-state index >= 15 is 0 Å². The van der Waals surface area contributed by atoms with E-state index in [9.17, 15) is 29.1 Å². The normalized spacial score (nSPS) is 28.8. The van der Waals surface area contributed by atoms with E-state index in [4.69, 9.17) is 16.3 Å². The highest BCUT2D eigenvalue weighted by molar-refractivity contribution is 8.00. The number of carbonyl (C=O) groups excluding carboxylic acids is 3. The second-order valence-electron chi connectivity index (χ2n) is 11.9. The molecular weight excluding hydrogens is 626 g/mol. The Balaban J connectivity index is 1.24. The van der Waals surface area contributed by atoms with Crippen LogP contribution in [-0.4, -0.2) is 56.6 Å². The van der Waals surface area contributed by atoms with Crippen molar-refractivity contribution in [2.75, 3.05) is 11.9 Å². The topological polar surface area (TPSA) is 146 Å². The Morgan fingerprint density at radius 2 is 1.86 bits per heavy atom. The number of aliphatic carboxylic acids is 1. The van der Waals surface area contributed by atoms with Crippen LogP contribution in [0, 0.1) is 36.5 Å². The quantitative estimate of drug-likeness (QED) is 0.319. The summed E-state index contributed by atoms with van der Waals surface area (Å²) in [7, 11) is 0. The molecule has 8 atom stereocenters. The van der Waals surface area contributed by atoms with Gasteiger partial charge in [0.25, 0.3) is 5.91 Å². The molecule has 1 saturated heterocycles. The Labute approximate surface area is 265 Å². The fourth-order valence-corrected chi connectivity index (χ4v) is 10.9. The number of benzene rings is 2. The average molecular weight is 654 g/mol. The fraction of sp³-hybridized carbons (Fsp3) is 0.387. The lowest BCUT2D eigenvalue weighted by atomic mass is 9.68. The first-order chi connectivity index (χ1) is 21.0. The number of H-pyrrole nitrogens is 1. The number of nitrogens with one attached hydrogen (secondary N) is 2. The van der Waals surface area contributed by atoms with Crippen LogP contribution in [0.4, 0.5) is 5.69 Å². The van der Waals surface area contributed by atoms with Crippen LogP contribution >= 0.6 is 34.7 Å². The standard InChI is InChI=1S/C31H28ClN3O7S2/c1-12-5-3-4-6-18(12)33-20(36)11-42-19-8-7-14(32)9-15(19)21-22-16-10-17(25(22)43-27-26(21)44-31(41)34-27)24-23(16)28(37)35(29(24)38)13(2)30(39)40/h3-9,13,16-17,21-25H,10-11H2,1-2H3,(H,33,36)(H,34,41)(H,39,40)/t13?,16?,17?,21-,22?,23?,24?,25?/m1/s1. The van der Waals surface area contributed by atoms with Gasteiger partial charge in [-0.3, -0.25) is 24.1 Å². The van der Waals surface area contributed by atoms with Crippen molar-refractivity contribution in [2.45, 2.75) is 42.5 Å². The predicted octanol–water partition coefficient (Wildman–Crippen LogP) is 4.36. The largest absolute Gasteiger partial charge is 0.483 e. The Morgan fingerprint density at radius 1 is 1.14 bits per heavy atom. The number of likely N-dealkylation sites (tertiary alicyclic amines) is 1. The number of aromatic amines is 1. The molecule has 1 aromatic heterocycles. The summed E-state index contributed by atoms with van der Waals surface area (Å²) >= 11 is 9.15. The number of carboxylic acid groups (broad SMARTS) is 1. The smallest absolute Gasteiger partial charge is 0.326 e. The predicted molar refractivity (Wildman–Crippen MR) is 164 cm³/mol. The Morgan fingerprint density at radius 3 is 2.59 bits per heavy atom. The minimum absolute atomic E-state index is 0.1000. The highest BCUT2D eigenvalue weighted by atomic mass is 35.5. The van der Waals surface area contributed by atoms with Crippen LogP contribution in [0.5, 0.6) is 5.75 Å². The summed E-state index contributed by atoms with van der Waals surface area (Å²) in [6.45, 7) is 2.99. The molecule has 7 unspecified atom stereocenters. The lowest BCUT2D eigenvalue weighted by Gasteiger charge is -2.43. The number of carboxylic acids is 1. The van der Waals surface area contributed by atoms with Gasteiger partial charge < -0.3 is 20.1 Å². The van der Waals surface area contributed by atoms with Crippen molar-refractivity contribution in [2.24, 2.45) is 29.6 Å². The summed E-state index contributed by atoms with van der Waals surface area (Å²) < 4.78 is 6.11. The molecule has 3 amide bonds. The molecule has 3 heterocycles. The van der Waals surface area contributed by atoms with E-state index in [2.05, 4.69) is 10.3 Å². The number of hydrogen-bond acceptors (Lipinski definition) is 8. The average Bonchev–Trinajstić information content (AvgIpc) is 3.72. The van der Waals surface area contributed by atoms with Crippen molar-refractivity contribution >= 4 is 64.1 Å². The number of amides is 3. The van der Waals surface area contributed by atoms with Crippen molar-refractivity contribution in [3.8, 4) is 5.75 Å². The van der Waals surface area contributed by atoms with E-state index in [0.29, 0.717) is 33.5 Å². The molecule has 2 aliphatic carbocycles. The molecule has 3 N–H and O–H groups in total. The van der Waals surface area contributed by atoms with E-state index in [1.54, 1.807) is 18.2 Å². The number of ether oxygens (including phenoxy) is 1. The number of hydrogen-bond donors (Lipinski definition) is 3.